The predicted octanol–water partition coefficient (Wildman–Crippen LogP) is 0.170. The number of quaternary nitrogens is 1. The van der Waals surface area contributed by atoms with Crippen LogP contribution in [-0.2, 0) is 21.4 Å². The highest BCUT2D eigenvalue weighted by Gasteiger charge is 2.27. The molecule has 1 heterocycles. The highest BCUT2D eigenvalue weighted by molar-refractivity contribution is 7.89. The van der Waals surface area contributed by atoms with Gasteiger partial charge < -0.3 is 9.80 Å². The van der Waals surface area contributed by atoms with Crippen LogP contribution in [0.1, 0.15) is 5.56 Å². The lowest BCUT2D eigenvalue weighted by Gasteiger charge is -2.32. The number of carbonyl (C=O) groups excluding carboxylic acids is 1. The summed E-state index contributed by atoms with van der Waals surface area (Å²) in [5.74, 6) is -2.81. The second kappa shape index (κ2) is 8.76. The summed E-state index contributed by atoms with van der Waals surface area (Å²) in [6, 6.07) is 12.8. The Bertz CT molecular complexity index is 910. The minimum absolute atomic E-state index is 0.418. The summed E-state index contributed by atoms with van der Waals surface area (Å²) in [5, 5.41) is 0. The monoisotopic (exact) mass is 410 g/mol. The molecule has 0 unspecified atom stereocenters. The normalized spacial score (nSPS) is 15.6. The zero-order valence-corrected chi connectivity index (χ0v) is 16.0. The van der Waals surface area contributed by atoms with Crippen molar-refractivity contribution in [2.75, 3.05) is 32.7 Å². The number of sulfonamides is 1. The molecule has 2 aromatic carbocycles. The molecule has 3 rings (SSSR count). The van der Waals surface area contributed by atoms with E-state index < -0.39 is 39.0 Å². The summed E-state index contributed by atoms with van der Waals surface area (Å²) in [6.45, 7) is 2.81. The topological polar surface area (TPSA) is 70.9 Å². The van der Waals surface area contributed by atoms with Gasteiger partial charge in [-0.2, -0.15) is 0 Å². The number of hydrogen-bond donors (Lipinski definition) is 2. The molecule has 28 heavy (non-hydrogen) atoms. The first-order valence-electron chi connectivity index (χ1n) is 8.96. The zero-order chi connectivity index (χ0) is 20.1. The van der Waals surface area contributed by atoms with Crippen molar-refractivity contribution >= 4 is 15.9 Å². The first kappa shape index (κ1) is 20.4. The van der Waals surface area contributed by atoms with E-state index in [1.54, 1.807) is 4.90 Å². The molecule has 0 radical (unpaired) electrons. The van der Waals surface area contributed by atoms with E-state index in [4.69, 9.17) is 0 Å². The molecular formula is C19H22F2N3O3S+. The highest BCUT2D eigenvalue weighted by atomic mass is 32.2. The van der Waals surface area contributed by atoms with E-state index in [1.807, 2.05) is 22.9 Å². The third-order valence-electron chi connectivity index (χ3n) is 4.72. The number of halogens is 2. The fourth-order valence-corrected chi connectivity index (χ4v) is 4.32. The van der Waals surface area contributed by atoms with Crippen molar-refractivity contribution in [3.63, 3.8) is 0 Å². The molecule has 0 saturated carbocycles. The minimum atomic E-state index is -4.46. The van der Waals surface area contributed by atoms with Crippen LogP contribution < -0.4 is 9.62 Å². The van der Waals surface area contributed by atoms with Crippen molar-refractivity contribution in [2.24, 2.45) is 0 Å². The van der Waals surface area contributed by atoms with E-state index in [0.717, 1.165) is 37.8 Å². The molecule has 0 aromatic heterocycles. The molecule has 1 aliphatic heterocycles. The number of rotatable bonds is 6. The standard InChI is InChI=1S/C19H21F2N3O3S/c20-16-7-4-8-17(21)19(16)28(26,27)22-13-18(25)24-11-9-23(10-12-24)14-15-5-2-1-3-6-15/h1-8,22H,9-14H2/p+1. The average Bonchev–Trinajstić information content (AvgIpc) is 2.67. The van der Waals surface area contributed by atoms with Crippen LogP contribution in [0.3, 0.4) is 0 Å². The van der Waals surface area contributed by atoms with Gasteiger partial charge >= 0.3 is 0 Å². The maximum absolute atomic E-state index is 13.7. The number of nitrogens with zero attached hydrogens (tertiary/aromatic N) is 1. The van der Waals surface area contributed by atoms with Crippen LogP contribution in [0.4, 0.5) is 8.78 Å². The van der Waals surface area contributed by atoms with Crippen molar-refractivity contribution in [3.8, 4) is 0 Å². The number of benzene rings is 2. The van der Waals surface area contributed by atoms with Crippen molar-refractivity contribution in [3.05, 3.63) is 65.7 Å². The summed E-state index contributed by atoms with van der Waals surface area (Å²) in [6.07, 6.45) is 0. The van der Waals surface area contributed by atoms with Crippen molar-refractivity contribution in [1.29, 1.82) is 0 Å². The van der Waals surface area contributed by atoms with Crippen molar-refractivity contribution < 1.29 is 26.9 Å². The molecule has 0 spiro atoms. The SMILES string of the molecule is O=C(CNS(=O)(=O)c1c(F)cccc1F)N1CC[NH+](Cc2ccccc2)CC1. The summed E-state index contributed by atoms with van der Waals surface area (Å²) in [4.78, 5) is 14.1. The Hall–Kier alpha value is -2.36. The quantitative estimate of drug-likeness (QED) is 0.713. The van der Waals surface area contributed by atoms with Crippen LogP contribution in [-0.4, -0.2) is 51.9 Å². The molecular weight excluding hydrogens is 388 g/mol. The molecule has 9 heteroatoms. The Kier molecular flexibility index (Phi) is 6.38. The molecule has 1 amide bonds. The molecule has 2 N–H and O–H groups in total. The van der Waals surface area contributed by atoms with E-state index in [1.165, 1.54) is 10.5 Å². The van der Waals surface area contributed by atoms with Crippen LogP contribution in [0.2, 0.25) is 0 Å². The maximum Gasteiger partial charge on any atom is 0.246 e. The lowest BCUT2D eigenvalue weighted by atomic mass is 10.2. The molecule has 150 valence electrons. The Morgan fingerprint density at radius 1 is 1.00 bits per heavy atom. The Balaban J connectivity index is 1.52. The highest BCUT2D eigenvalue weighted by Crippen LogP contribution is 2.17. The van der Waals surface area contributed by atoms with Crippen LogP contribution >= 0.6 is 0 Å². The van der Waals surface area contributed by atoms with Gasteiger partial charge in [0.15, 0.2) is 4.90 Å². The van der Waals surface area contributed by atoms with E-state index in [9.17, 15) is 22.0 Å². The lowest BCUT2D eigenvalue weighted by Crippen LogP contribution is -3.13. The number of nitrogens with one attached hydrogen (secondary N) is 2. The molecule has 0 atom stereocenters. The largest absolute Gasteiger partial charge is 0.330 e. The molecule has 2 aromatic rings. The first-order chi connectivity index (χ1) is 13.4. The smallest absolute Gasteiger partial charge is 0.246 e. The van der Waals surface area contributed by atoms with E-state index >= 15 is 0 Å². The van der Waals surface area contributed by atoms with Crippen LogP contribution in [0.15, 0.2) is 53.4 Å². The molecule has 1 aliphatic rings. The van der Waals surface area contributed by atoms with Gasteiger partial charge in [0.05, 0.1) is 32.7 Å². The summed E-state index contributed by atoms with van der Waals surface area (Å²) in [7, 11) is -4.46. The van der Waals surface area contributed by atoms with E-state index in [-0.39, 0.29) is 0 Å². The summed E-state index contributed by atoms with van der Waals surface area (Å²) >= 11 is 0. The molecule has 6 nitrogen and oxygen atoms in total. The average molecular weight is 410 g/mol. The van der Waals surface area contributed by atoms with Gasteiger partial charge in [-0.15, -0.1) is 0 Å². The van der Waals surface area contributed by atoms with Crippen LogP contribution in [0, 0.1) is 11.6 Å². The van der Waals surface area contributed by atoms with Gasteiger partial charge in [-0.05, 0) is 12.1 Å². The Morgan fingerprint density at radius 3 is 2.21 bits per heavy atom. The van der Waals surface area contributed by atoms with Crippen molar-refractivity contribution in [1.82, 2.24) is 9.62 Å². The number of amides is 1. The first-order valence-corrected chi connectivity index (χ1v) is 10.4. The van der Waals surface area contributed by atoms with Gasteiger partial charge in [0.2, 0.25) is 15.9 Å². The second-order valence-corrected chi connectivity index (χ2v) is 8.37. The number of carbonyl (C=O) groups is 1. The third-order valence-corrected chi connectivity index (χ3v) is 6.17. The van der Waals surface area contributed by atoms with Crippen LogP contribution in [0.5, 0.6) is 0 Å². The Morgan fingerprint density at radius 2 is 1.61 bits per heavy atom. The van der Waals surface area contributed by atoms with Gasteiger partial charge in [-0.3, -0.25) is 4.79 Å². The Labute approximate surface area is 162 Å². The zero-order valence-electron chi connectivity index (χ0n) is 15.2. The third kappa shape index (κ3) is 4.92. The van der Waals surface area contributed by atoms with Gasteiger partial charge in [0, 0.05) is 5.56 Å². The van der Waals surface area contributed by atoms with E-state index in [0.29, 0.717) is 13.1 Å². The number of hydrogen-bond acceptors (Lipinski definition) is 3. The summed E-state index contributed by atoms with van der Waals surface area (Å²) in [5.41, 5.74) is 1.22. The predicted molar refractivity (Wildman–Crippen MR) is 99.0 cm³/mol. The fraction of sp³-hybridized carbons (Fsp3) is 0.316. The number of piperazine rings is 1. The lowest BCUT2D eigenvalue weighted by molar-refractivity contribution is -0.917. The fourth-order valence-electron chi connectivity index (χ4n) is 3.21. The van der Waals surface area contributed by atoms with Gasteiger partial charge in [0.25, 0.3) is 0 Å². The van der Waals surface area contributed by atoms with Gasteiger partial charge in [-0.1, -0.05) is 36.4 Å². The summed E-state index contributed by atoms with van der Waals surface area (Å²) < 4.78 is 53.7. The second-order valence-electron chi connectivity index (χ2n) is 6.67. The van der Waals surface area contributed by atoms with Crippen LogP contribution in [0.25, 0.3) is 0 Å². The van der Waals surface area contributed by atoms with Gasteiger partial charge in [-0.25, -0.2) is 21.9 Å². The molecule has 0 bridgehead atoms. The molecule has 0 aliphatic carbocycles. The van der Waals surface area contributed by atoms with Gasteiger partial charge in [0.1, 0.15) is 18.2 Å². The minimum Gasteiger partial charge on any atom is -0.330 e. The molecule has 1 fully saturated rings. The van der Waals surface area contributed by atoms with E-state index in [2.05, 4.69) is 12.1 Å². The van der Waals surface area contributed by atoms with Crippen molar-refractivity contribution in [2.45, 2.75) is 11.4 Å². The molecule has 1 saturated heterocycles. The maximum atomic E-state index is 13.7.